The van der Waals surface area contributed by atoms with Crippen LogP contribution < -0.4 is 10.1 Å². The molecule has 7 nitrogen and oxygen atoms in total. The van der Waals surface area contributed by atoms with Crippen LogP contribution >= 0.6 is 0 Å². The Bertz CT molecular complexity index is 1110. The number of aromatic nitrogens is 2. The van der Waals surface area contributed by atoms with Gasteiger partial charge in [-0.1, -0.05) is 19.6 Å². The maximum absolute atomic E-state index is 10.9. The fourth-order valence-electron chi connectivity index (χ4n) is 2.89. The number of nitrogens with zero attached hydrogens (tertiary/aromatic N) is 2. The van der Waals surface area contributed by atoms with E-state index in [0.29, 0.717) is 23.9 Å². The summed E-state index contributed by atoms with van der Waals surface area (Å²) in [7, 11) is -1.12. The van der Waals surface area contributed by atoms with Crippen molar-refractivity contribution < 1.29 is 14.3 Å². The van der Waals surface area contributed by atoms with Crippen LogP contribution in [0.4, 0.5) is 0 Å². The van der Waals surface area contributed by atoms with Gasteiger partial charge in [0.15, 0.2) is 6.29 Å². The number of rotatable bonds is 11. The largest absolute Gasteiger partial charge is 0.439 e. The molecule has 0 unspecified atom stereocenters. The number of nitrogens with one attached hydrogen (secondary N) is 2. The second-order valence-electron chi connectivity index (χ2n) is 8.52. The van der Waals surface area contributed by atoms with Crippen molar-refractivity contribution >= 4 is 37.2 Å². The van der Waals surface area contributed by atoms with E-state index in [1.807, 2.05) is 18.2 Å². The lowest BCUT2D eigenvalue weighted by Crippen LogP contribution is -2.24. The normalized spacial score (nSPS) is 11.9. The number of benzene rings is 1. The minimum Gasteiger partial charge on any atom is -0.439 e. The number of carbonyl (C=O) groups is 1. The number of fused-ring (bicyclic) bond motifs is 1. The summed E-state index contributed by atoms with van der Waals surface area (Å²) in [4.78, 5) is 19.6. The molecule has 166 valence electrons. The van der Waals surface area contributed by atoms with Crippen LogP contribution in [0.2, 0.25) is 25.7 Å². The van der Waals surface area contributed by atoms with Crippen molar-refractivity contribution in [3.8, 4) is 11.6 Å². The van der Waals surface area contributed by atoms with Crippen LogP contribution in [0.1, 0.15) is 15.9 Å². The van der Waals surface area contributed by atoms with E-state index >= 15 is 0 Å². The SMILES string of the molecule is C[Si](C)(C)CCOCN/C(=C\C=N)c1ccc(Oc2ccc3cc(C=O)cnc3c2)nc1. The molecule has 1 aromatic carbocycles. The Morgan fingerprint density at radius 1 is 1.12 bits per heavy atom. The number of pyridine rings is 2. The molecule has 2 heterocycles. The standard InChI is InChI=1S/C24H28N4O3Si/c1-32(2,3)11-10-30-17-28-22(8-9-25)20-5-7-24(27-15-20)31-21-6-4-19-12-18(16-29)14-26-23(19)13-21/h4-9,12-16,25,28H,10-11,17H2,1-3H3/b22-8-,25-9?. The van der Waals surface area contributed by atoms with E-state index in [0.717, 1.165) is 41.1 Å². The molecule has 0 fully saturated rings. The van der Waals surface area contributed by atoms with Crippen molar-refractivity contribution in [2.24, 2.45) is 0 Å². The van der Waals surface area contributed by atoms with E-state index in [1.165, 1.54) is 12.4 Å². The summed E-state index contributed by atoms with van der Waals surface area (Å²) in [5.74, 6) is 1.05. The lowest BCUT2D eigenvalue weighted by Gasteiger charge is -2.16. The number of hydrogen-bond donors (Lipinski definition) is 2. The zero-order valence-corrected chi connectivity index (χ0v) is 19.6. The first kappa shape index (κ1) is 23.3. The summed E-state index contributed by atoms with van der Waals surface area (Å²) in [5, 5.41) is 11.5. The highest BCUT2D eigenvalue weighted by atomic mass is 28.3. The predicted octanol–water partition coefficient (Wildman–Crippen LogP) is 5.13. The maximum atomic E-state index is 10.9. The topological polar surface area (TPSA) is 97.2 Å². The second-order valence-corrected chi connectivity index (χ2v) is 14.1. The molecule has 0 aliphatic heterocycles. The Kier molecular flexibility index (Phi) is 7.86. The summed E-state index contributed by atoms with van der Waals surface area (Å²) >= 11 is 0. The smallest absolute Gasteiger partial charge is 0.219 e. The number of hydrogen-bond acceptors (Lipinski definition) is 7. The van der Waals surface area contributed by atoms with E-state index in [1.54, 1.807) is 30.5 Å². The van der Waals surface area contributed by atoms with Gasteiger partial charge in [-0.2, -0.15) is 0 Å². The van der Waals surface area contributed by atoms with Gasteiger partial charge in [0, 0.05) is 67.6 Å². The molecule has 0 amide bonds. The van der Waals surface area contributed by atoms with E-state index in [2.05, 4.69) is 34.9 Å². The molecule has 0 aliphatic rings. The third-order valence-corrected chi connectivity index (χ3v) is 6.40. The predicted molar refractivity (Wildman–Crippen MR) is 130 cm³/mol. The van der Waals surface area contributed by atoms with Crippen LogP contribution in [0.5, 0.6) is 11.6 Å². The molecular weight excluding hydrogens is 420 g/mol. The maximum Gasteiger partial charge on any atom is 0.219 e. The molecule has 3 aromatic rings. The molecule has 0 bridgehead atoms. The quantitative estimate of drug-likeness (QED) is 0.139. The molecule has 0 saturated heterocycles. The lowest BCUT2D eigenvalue weighted by molar-refractivity contribution is 0.112. The van der Waals surface area contributed by atoms with Gasteiger partial charge in [-0.3, -0.25) is 9.78 Å². The van der Waals surface area contributed by atoms with Gasteiger partial charge in [-0.15, -0.1) is 0 Å². The number of carbonyl (C=O) groups excluding carboxylic acids is 1. The minimum absolute atomic E-state index is 0.373. The lowest BCUT2D eigenvalue weighted by atomic mass is 10.1. The van der Waals surface area contributed by atoms with Gasteiger partial charge < -0.3 is 20.2 Å². The van der Waals surface area contributed by atoms with Crippen molar-refractivity contribution in [1.29, 1.82) is 5.41 Å². The third-order valence-electron chi connectivity index (χ3n) is 4.69. The zero-order chi connectivity index (χ0) is 23.0. The van der Waals surface area contributed by atoms with E-state index in [4.69, 9.17) is 14.9 Å². The monoisotopic (exact) mass is 448 g/mol. The van der Waals surface area contributed by atoms with Crippen molar-refractivity contribution in [3.63, 3.8) is 0 Å². The first-order valence-electron chi connectivity index (χ1n) is 10.4. The minimum atomic E-state index is -1.12. The highest BCUT2D eigenvalue weighted by molar-refractivity contribution is 6.76. The average Bonchev–Trinajstić information content (AvgIpc) is 2.77. The molecule has 2 aromatic heterocycles. The number of aldehydes is 1. The molecule has 2 N–H and O–H groups in total. The molecule has 32 heavy (non-hydrogen) atoms. The van der Waals surface area contributed by atoms with Crippen LogP contribution in [-0.2, 0) is 4.74 Å². The Balaban J connectivity index is 1.62. The van der Waals surface area contributed by atoms with Crippen LogP contribution in [0.15, 0.2) is 54.9 Å². The van der Waals surface area contributed by atoms with E-state index < -0.39 is 8.07 Å². The van der Waals surface area contributed by atoms with Crippen molar-refractivity contribution in [3.05, 3.63) is 66.0 Å². The first-order chi connectivity index (χ1) is 15.4. The van der Waals surface area contributed by atoms with Gasteiger partial charge in [0.25, 0.3) is 0 Å². The second kappa shape index (κ2) is 10.8. The molecule has 0 saturated carbocycles. The molecule has 0 aliphatic carbocycles. The summed E-state index contributed by atoms with van der Waals surface area (Å²) in [5.41, 5.74) is 2.86. The average molecular weight is 449 g/mol. The van der Waals surface area contributed by atoms with Gasteiger partial charge in [0.1, 0.15) is 12.5 Å². The molecule has 0 radical (unpaired) electrons. The summed E-state index contributed by atoms with van der Waals surface area (Å²) in [6, 6.07) is 12.0. The van der Waals surface area contributed by atoms with Crippen LogP contribution in [0, 0.1) is 5.41 Å². The Hall–Kier alpha value is -3.36. The fourth-order valence-corrected chi connectivity index (χ4v) is 3.64. The van der Waals surface area contributed by atoms with Crippen LogP contribution in [-0.4, -0.2) is 43.9 Å². The van der Waals surface area contributed by atoms with Crippen molar-refractivity contribution in [2.45, 2.75) is 25.7 Å². The number of allylic oxidation sites excluding steroid dienone is 1. The van der Waals surface area contributed by atoms with Gasteiger partial charge in [-0.05, 0) is 36.4 Å². The van der Waals surface area contributed by atoms with Gasteiger partial charge >= 0.3 is 0 Å². The summed E-state index contributed by atoms with van der Waals surface area (Å²) < 4.78 is 11.6. The first-order valence-corrected chi connectivity index (χ1v) is 14.1. The Morgan fingerprint density at radius 2 is 1.97 bits per heavy atom. The molecule has 3 rings (SSSR count). The molecule has 8 heteroatoms. The van der Waals surface area contributed by atoms with E-state index in [9.17, 15) is 4.79 Å². The zero-order valence-electron chi connectivity index (χ0n) is 18.6. The van der Waals surface area contributed by atoms with E-state index in [-0.39, 0.29) is 0 Å². The van der Waals surface area contributed by atoms with Gasteiger partial charge in [-0.25, -0.2) is 4.98 Å². The summed E-state index contributed by atoms with van der Waals surface area (Å²) in [6.07, 6.45) is 6.90. The Labute approximate surface area is 189 Å². The van der Waals surface area contributed by atoms with Crippen LogP contribution in [0.3, 0.4) is 0 Å². The van der Waals surface area contributed by atoms with Gasteiger partial charge in [0.05, 0.1) is 5.52 Å². The third kappa shape index (κ3) is 6.83. The summed E-state index contributed by atoms with van der Waals surface area (Å²) in [6.45, 7) is 8.05. The molecule has 0 atom stereocenters. The molecular formula is C24H28N4O3Si. The number of ether oxygens (including phenoxy) is 2. The highest BCUT2D eigenvalue weighted by Gasteiger charge is 2.12. The van der Waals surface area contributed by atoms with Gasteiger partial charge in [0.2, 0.25) is 5.88 Å². The Morgan fingerprint density at radius 3 is 2.66 bits per heavy atom. The molecule has 0 spiro atoms. The van der Waals surface area contributed by atoms with Crippen LogP contribution in [0.25, 0.3) is 16.6 Å². The van der Waals surface area contributed by atoms with Crippen molar-refractivity contribution in [2.75, 3.05) is 13.3 Å². The fraction of sp³-hybridized carbons (Fsp3) is 0.250. The van der Waals surface area contributed by atoms with Crippen molar-refractivity contribution in [1.82, 2.24) is 15.3 Å². The highest BCUT2D eigenvalue weighted by Crippen LogP contribution is 2.24.